The highest BCUT2D eigenvalue weighted by Crippen LogP contribution is 2.42. The first-order chi connectivity index (χ1) is 19.3. The smallest absolute Gasteiger partial charge is 0.251 e. The van der Waals surface area contributed by atoms with Gasteiger partial charge in [0.2, 0.25) is 15.9 Å². The topological polar surface area (TPSA) is 95.6 Å². The van der Waals surface area contributed by atoms with Gasteiger partial charge in [-0.2, -0.15) is 4.31 Å². The van der Waals surface area contributed by atoms with Gasteiger partial charge >= 0.3 is 0 Å². The van der Waals surface area contributed by atoms with Crippen LogP contribution in [0.1, 0.15) is 56.5 Å². The Morgan fingerprint density at radius 3 is 2.00 bits per heavy atom. The number of piperidine rings is 1. The first-order valence-electron chi connectivity index (χ1n) is 13.8. The monoisotopic (exact) mass is 573 g/mol. The molecule has 0 atom stereocenters. The third-order valence-corrected chi connectivity index (χ3v) is 9.88. The maximum absolute atomic E-state index is 13.8. The summed E-state index contributed by atoms with van der Waals surface area (Å²) in [6.45, 7) is 11.5. The molecular formula is C33H39N3O4S. The van der Waals surface area contributed by atoms with Gasteiger partial charge in [-0.25, -0.2) is 8.42 Å². The van der Waals surface area contributed by atoms with Crippen molar-refractivity contribution in [1.29, 1.82) is 0 Å². The van der Waals surface area contributed by atoms with Crippen molar-refractivity contribution in [3.8, 4) is 11.1 Å². The molecule has 0 aliphatic carbocycles. The Labute approximate surface area is 243 Å². The second-order valence-corrected chi connectivity index (χ2v) is 13.6. The molecule has 1 heterocycles. The molecule has 1 fully saturated rings. The van der Waals surface area contributed by atoms with Gasteiger partial charge in [-0.05, 0) is 94.0 Å². The van der Waals surface area contributed by atoms with Gasteiger partial charge in [-0.3, -0.25) is 9.59 Å². The first kappa shape index (κ1) is 30.2. The zero-order valence-electron chi connectivity index (χ0n) is 24.2. The van der Waals surface area contributed by atoms with Crippen LogP contribution in [0.4, 0.5) is 0 Å². The van der Waals surface area contributed by atoms with Crippen LogP contribution in [-0.4, -0.2) is 48.2 Å². The van der Waals surface area contributed by atoms with Gasteiger partial charge in [0.25, 0.3) is 5.91 Å². The van der Waals surface area contributed by atoms with E-state index in [1.165, 1.54) is 18.2 Å². The molecule has 1 aliphatic heterocycles. The quantitative estimate of drug-likeness (QED) is 0.338. The molecule has 7 nitrogen and oxygen atoms in total. The van der Waals surface area contributed by atoms with Crippen LogP contribution in [0.5, 0.6) is 0 Å². The van der Waals surface area contributed by atoms with E-state index in [9.17, 15) is 18.0 Å². The van der Waals surface area contributed by atoms with E-state index in [0.717, 1.165) is 16.7 Å². The van der Waals surface area contributed by atoms with Crippen LogP contribution >= 0.6 is 0 Å². The van der Waals surface area contributed by atoms with Gasteiger partial charge in [-0.1, -0.05) is 61.2 Å². The van der Waals surface area contributed by atoms with Gasteiger partial charge < -0.3 is 10.6 Å². The fourth-order valence-electron chi connectivity index (χ4n) is 6.08. The van der Waals surface area contributed by atoms with Crippen molar-refractivity contribution in [3.63, 3.8) is 0 Å². The second-order valence-electron chi connectivity index (χ2n) is 11.8. The number of benzene rings is 3. The normalized spacial score (nSPS) is 17.0. The Hall–Kier alpha value is -3.75. The summed E-state index contributed by atoms with van der Waals surface area (Å²) < 4.78 is 29.2. The number of rotatable bonds is 9. The molecule has 3 aromatic carbocycles. The molecule has 0 saturated carbocycles. The number of nitrogens with one attached hydrogen (secondary N) is 2. The molecule has 2 N–H and O–H groups in total. The summed E-state index contributed by atoms with van der Waals surface area (Å²) in [5, 5.41) is 5.85. The van der Waals surface area contributed by atoms with Crippen LogP contribution in [0.2, 0.25) is 0 Å². The van der Waals surface area contributed by atoms with Crippen molar-refractivity contribution in [1.82, 2.24) is 14.9 Å². The summed E-state index contributed by atoms with van der Waals surface area (Å²) in [4.78, 5) is 24.8. The van der Waals surface area contributed by atoms with E-state index in [1.54, 1.807) is 16.4 Å². The average molecular weight is 574 g/mol. The van der Waals surface area contributed by atoms with Crippen molar-refractivity contribution in [2.75, 3.05) is 6.54 Å². The largest absolute Gasteiger partial charge is 0.352 e. The maximum Gasteiger partial charge on any atom is 0.251 e. The molecule has 216 valence electrons. The summed E-state index contributed by atoms with van der Waals surface area (Å²) in [6.07, 6.45) is 2.83. The lowest BCUT2D eigenvalue weighted by Gasteiger charge is -2.53. The van der Waals surface area contributed by atoms with Crippen molar-refractivity contribution >= 4 is 21.8 Å². The molecule has 3 aromatic rings. The zero-order valence-corrected chi connectivity index (χ0v) is 25.0. The molecule has 1 aliphatic rings. The highest BCUT2D eigenvalue weighted by molar-refractivity contribution is 7.89. The third-order valence-electron chi connectivity index (χ3n) is 7.54. The van der Waals surface area contributed by atoms with E-state index in [-0.39, 0.29) is 22.8 Å². The number of hydrogen-bond acceptors (Lipinski definition) is 4. The van der Waals surface area contributed by atoms with Crippen LogP contribution in [-0.2, 0) is 21.2 Å². The van der Waals surface area contributed by atoms with Crippen molar-refractivity contribution in [2.45, 2.75) is 69.0 Å². The summed E-state index contributed by atoms with van der Waals surface area (Å²) in [5.41, 5.74) is 2.30. The van der Waals surface area contributed by atoms with Gasteiger partial charge in [0.15, 0.2) is 0 Å². The Morgan fingerprint density at radius 1 is 0.878 bits per heavy atom. The van der Waals surface area contributed by atoms with E-state index in [0.29, 0.717) is 31.4 Å². The molecule has 4 rings (SSSR count). The molecule has 1 saturated heterocycles. The van der Waals surface area contributed by atoms with Crippen LogP contribution in [0.25, 0.3) is 11.1 Å². The Kier molecular flexibility index (Phi) is 8.85. The van der Waals surface area contributed by atoms with Crippen LogP contribution in [0.3, 0.4) is 0 Å². The SMILES string of the molecule is C=CC(=O)NC1CC(C)(C)N(S(=O)(=O)c2ccc(C(=O)NCCc3ccc(-c4ccccc4)cc3)cc2)C(C)(C)C1. The standard InChI is InChI=1S/C33H39N3O4S/c1-6-30(37)35-28-22-32(2,3)36(33(4,5)23-28)41(39,40)29-18-16-27(17-19-29)31(38)34-21-20-24-12-14-26(15-13-24)25-10-8-7-9-11-25/h6-19,28H,1,20-23H2,2-5H3,(H,34,38)(H,35,37). The lowest BCUT2D eigenvalue weighted by Crippen LogP contribution is -2.65. The molecule has 41 heavy (non-hydrogen) atoms. The maximum atomic E-state index is 13.8. The molecular weight excluding hydrogens is 534 g/mol. The fraction of sp³-hybridized carbons (Fsp3) is 0.333. The second kappa shape index (κ2) is 12.0. The van der Waals surface area contributed by atoms with Crippen molar-refractivity contribution < 1.29 is 18.0 Å². The predicted molar refractivity (Wildman–Crippen MR) is 163 cm³/mol. The van der Waals surface area contributed by atoms with Gasteiger partial charge in [0.1, 0.15) is 0 Å². The summed E-state index contributed by atoms with van der Waals surface area (Å²) in [6, 6.07) is 24.3. The Morgan fingerprint density at radius 2 is 1.44 bits per heavy atom. The van der Waals surface area contributed by atoms with E-state index in [1.807, 2.05) is 45.9 Å². The van der Waals surface area contributed by atoms with Gasteiger partial charge in [-0.15, -0.1) is 0 Å². The summed E-state index contributed by atoms with van der Waals surface area (Å²) in [7, 11) is -3.89. The number of amides is 2. The van der Waals surface area contributed by atoms with E-state index < -0.39 is 21.1 Å². The molecule has 0 radical (unpaired) electrons. The molecule has 2 amide bonds. The minimum Gasteiger partial charge on any atom is -0.352 e. The molecule has 0 aromatic heterocycles. The molecule has 0 bridgehead atoms. The molecule has 0 spiro atoms. The Balaban J connectivity index is 1.39. The van der Waals surface area contributed by atoms with Crippen molar-refractivity contribution in [2.24, 2.45) is 0 Å². The summed E-state index contributed by atoms with van der Waals surface area (Å²) >= 11 is 0. The van der Waals surface area contributed by atoms with E-state index in [2.05, 4.69) is 53.6 Å². The highest BCUT2D eigenvalue weighted by Gasteiger charge is 2.51. The van der Waals surface area contributed by atoms with Crippen LogP contribution in [0.15, 0.2) is 96.4 Å². The lowest BCUT2D eigenvalue weighted by molar-refractivity contribution is -0.118. The molecule has 8 heteroatoms. The number of carbonyl (C=O) groups is 2. The summed E-state index contributed by atoms with van der Waals surface area (Å²) in [5.74, 6) is -0.526. The van der Waals surface area contributed by atoms with Gasteiger partial charge in [0.05, 0.1) is 4.90 Å². The highest BCUT2D eigenvalue weighted by atomic mass is 32.2. The fourth-order valence-corrected chi connectivity index (χ4v) is 8.22. The predicted octanol–water partition coefficient (Wildman–Crippen LogP) is 5.34. The third kappa shape index (κ3) is 6.94. The zero-order chi connectivity index (χ0) is 29.8. The average Bonchev–Trinajstić information content (AvgIpc) is 2.92. The number of carbonyl (C=O) groups excluding carboxylic acids is 2. The minimum atomic E-state index is -3.89. The number of hydrogen-bond donors (Lipinski definition) is 2. The molecule has 0 unspecified atom stereocenters. The minimum absolute atomic E-state index is 0.127. The number of sulfonamides is 1. The van der Waals surface area contributed by atoms with Crippen LogP contribution in [0, 0.1) is 0 Å². The first-order valence-corrected chi connectivity index (χ1v) is 15.3. The number of nitrogens with zero attached hydrogens (tertiary/aromatic N) is 1. The van der Waals surface area contributed by atoms with E-state index >= 15 is 0 Å². The van der Waals surface area contributed by atoms with Gasteiger partial charge in [0, 0.05) is 29.2 Å². The van der Waals surface area contributed by atoms with Crippen molar-refractivity contribution in [3.05, 3.63) is 103 Å². The van der Waals surface area contributed by atoms with E-state index in [4.69, 9.17) is 0 Å². The lowest BCUT2D eigenvalue weighted by atomic mass is 9.79. The Bertz CT molecular complexity index is 1480. The van der Waals surface area contributed by atoms with Crippen LogP contribution < -0.4 is 10.6 Å².